The van der Waals surface area contributed by atoms with Crippen LogP contribution in [0, 0.1) is 0 Å². The first-order valence-electron chi connectivity index (χ1n) is 7.63. The van der Waals surface area contributed by atoms with Crippen LogP contribution in [0.3, 0.4) is 0 Å². The molecule has 0 radical (unpaired) electrons. The van der Waals surface area contributed by atoms with Crippen LogP contribution in [0.2, 0.25) is 0 Å². The van der Waals surface area contributed by atoms with Gasteiger partial charge in [0.2, 0.25) is 0 Å². The fourth-order valence-corrected chi connectivity index (χ4v) is 3.05. The minimum atomic E-state index is 0.234. The number of hydrogen-bond acceptors (Lipinski definition) is 5. The van der Waals surface area contributed by atoms with Crippen LogP contribution in [0.1, 0.15) is 40.5 Å². The van der Waals surface area contributed by atoms with E-state index in [1.807, 2.05) is 0 Å². The van der Waals surface area contributed by atoms with Crippen LogP contribution in [-0.2, 0) is 0 Å². The minimum absolute atomic E-state index is 0.234. The molecule has 5 heteroatoms. The van der Waals surface area contributed by atoms with Gasteiger partial charge < -0.3 is 5.32 Å². The number of hydrogen-bond donors (Lipinski definition) is 3. The van der Waals surface area contributed by atoms with E-state index in [1.54, 1.807) is 0 Å². The van der Waals surface area contributed by atoms with Gasteiger partial charge >= 0.3 is 0 Å². The molecule has 0 aromatic heterocycles. The second-order valence-electron chi connectivity index (χ2n) is 6.80. The van der Waals surface area contributed by atoms with Crippen LogP contribution < -0.4 is 16.0 Å². The number of rotatable bonds is 4. The van der Waals surface area contributed by atoms with Gasteiger partial charge in [0.1, 0.15) is 0 Å². The first-order valence-corrected chi connectivity index (χ1v) is 7.63. The summed E-state index contributed by atoms with van der Waals surface area (Å²) in [5.41, 5.74) is 0.234. The summed E-state index contributed by atoms with van der Waals surface area (Å²) >= 11 is 0. The molecule has 19 heavy (non-hydrogen) atoms. The third-order valence-electron chi connectivity index (χ3n) is 4.54. The Kier molecular flexibility index (Phi) is 5.20. The third-order valence-corrected chi connectivity index (χ3v) is 4.54. The predicted octanol–water partition coefficient (Wildman–Crippen LogP) is 0.552. The fourth-order valence-electron chi connectivity index (χ4n) is 3.05. The van der Waals surface area contributed by atoms with Gasteiger partial charge in [-0.15, -0.1) is 0 Å². The highest BCUT2D eigenvalue weighted by molar-refractivity contribution is 4.89. The maximum atomic E-state index is 3.70. The van der Waals surface area contributed by atoms with Crippen molar-refractivity contribution in [3.05, 3.63) is 0 Å². The smallest absolute Gasteiger partial charge is 0.0507 e. The first kappa shape index (κ1) is 15.2. The molecule has 3 N–H and O–H groups in total. The summed E-state index contributed by atoms with van der Waals surface area (Å²) in [6.07, 6.45) is 2.47. The van der Waals surface area contributed by atoms with Crippen molar-refractivity contribution < 1.29 is 0 Å². The summed E-state index contributed by atoms with van der Waals surface area (Å²) in [7, 11) is 0. The quantitative estimate of drug-likeness (QED) is 0.696. The van der Waals surface area contributed by atoms with Crippen LogP contribution in [0.4, 0.5) is 0 Å². The molecule has 0 bridgehead atoms. The lowest BCUT2D eigenvalue weighted by Gasteiger charge is -2.45. The maximum absolute atomic E-state index is 3.70. The second-order valence-corrected chi connectivity index (χ2v) is 6.80. The lowest BCUT2D eigenvalue weighted by molar-refractivity contribution is 0.0463. The molecule has 0 spiro atoms. The van der Waals surface area contributed by atoms with Gasteiger partial charge in [-0.05, 0) is 40.5 Å². The molecule has 0 aromatic carbocycles. The number of nitrogens with one attached hydrogen (secondary N) is 3. The average Bonchev–Trinajstić information content (AvgIpc) is 2.40. The van der Waals surface area contributed by atoms with Gasteiger partial charge in [-0.2, -0.15) is 0 Å². The van der Waals surface area contributed by atoms with Gasteiger partial charge in [0.25, 0.3) is 0 Å². The van der Waals surface area contributed by atoms with Crippen molar-refractivity contribution in [3.8, 4) is 0 Å². The van der Waals surface area contributed by atoms with Gasteiger partial charge in [0.05, 0.1) is 13.3 Å². The highest BCUT2D eigenvalue weighted by atomic mass is 15.4. The van der Waals surface area contributed by atoms with Gasteiger partial charge in [-0.1, -0.05) is 0 Å². The summed E-state index contributed by atoms with van der Waals surface area (Å²) in [6.45, 7) is 14.4. The van der Waals surface area contributed by atoms with E-state index < -0.39 is 0 Å². The van der Waals surface area contributed by atoms with Crippen molar-refractivity contribution in [1.29, 1.82) is 0 Å². The Bertz CT molecular complexity index is 265. The van der Waals surface area contributed by atoms with Gasteiger partial charge in [-0.25, -0.2) is 0 Å². The molecule has 2 aliphatic rings. The van der Waals surface area contributed by atoms with Crippen molar-refractivity contribution in [3.63, 3.8) is 0 Å². The van der Waals surface area contributed by atoms with Gasteiger partial charge in [0.15, 0.2) is 0 Å². The molecule has 2 saturated heterocycles. The van der Waals surface area contributed by atoms with E-state index in [4.69, 9.17) is 0 Å². The normalized spacial score (nSPS) is 27.9. The summed E-state index contributed by atoms with van der Waals surface area (Å²) in [6, 6.07) is 1.30. The standard InChI is InChI=1S/C14H31N5/c1-12(2)18-6-5-13(17-11-18)7-14(3,4)19-9-15-8-16-10-19/h12-13,15-17H,5-11H2,1-4H3. The average molecular weight is 269 g/mol. The van der Waals surface area contributed by atoms with Crippen LogP contribution in [0.15, 0.2) is 0 Å². The first-order chi connectivity index (χ1) is 8.99. The van der Waals surface area contributed by atoms with E-state index in [1.165, 1.54) is 19.4 Å². The monoisotopic (exact) mass is 269 g/mol. The topological polar surface area (TPSA) is 42.6 Å². The minimum Gasteiger partial charge on any atom is -0.301 e. The summed E-state index contributed by atoms with van der Waals surface area (Å²) < 4.78 is 0. The van der Waals surface area contributed by atoms with E-state index in [0.717, 1.165) is 26.7 Å². The van der Waals surface area contributed by atoms with Crippen molar-refractivity contribution in [2.75, 3.05) is 33.2 Å². The molecule has 0 saturated carbocycles. The SMILES string of the molecule is CC(C)N1CCC(CC(C)(C)N2CNCNC2)NC1. The Balaban J connectivity index is 1.80. The molecule has 0 amide bonds. The Hall–Kier alpha value is -0.200. The molecule has 1 unspecified atom stereocenters. The lowest BCUT2D eigenvalue weighted by atomic mass is 9.91. The van der Waals surface area contributed by atoms with E-state index in [2.05, 4.69) is 53.4 Å². The number of nitrogens with zero attached hydrogens (tertiary/aromatic N) is 2. The zero-order chi connectivity index (χ0) is 13.9. The molecule has 2 fully saturated rings. The second kappa shape index (κ2) is 6.50. The van der Waals surface area contributed by atoms with E-state index >= 15 is 0 Å². The molecule has 2 rings (SSSR count). The fraction of sp³-hybridized carbons (Fsp3) is 1.00. The zero-order valence-corrected chi connectivity index (χ0v) is 13.0. The van der Waals surface area contributed by atoms with Crippen LogP contribution in [0.5, 0.6) is 0 Å². The molecule has 0 aromatic rings. The highest BCUT2D eigenvalue weighted by Crippen LogP contribution is 2.23. The Morgan fingerprint density at radius 3 is 2.37 bits per heavy atom. The molecule has 1 atom stereocenters. The van der Waals surface area contributed by atoms with E-state index in [-0.39, 0.29) is 5.54 Å². The summed E-state index contributed by atoms with van der Waals surface area (Å²) in [5.74, 6) is 0. The summed E-state index contributed by atoms with van der Waals surface area (Å²) in [5, 5.41) is 10.5. The van der Waals surface area contributed by atoms with Crippen molar-refractivity contribution in [1.82, 2.24) is 25.8 Å². The van der Waals surface area contributed by atoms with Crippen molar-refractivity contribution in [2.24, 2.45) is 0 Å². The molecule has 112 valence electrons. The van der Waals surface area contributed by atoms with E-state index in [0.29, 0.717) is 12.1 Å². The molecular weight excluding hydrogens is 238 g/mol. The third kappa shape index (κ3) is 4.13. The largest absolute Gasteiger partial charge is 0.301 e. The zero-order valence-electron chi connectivity index (χ0n) is 13.0. The summed E-state index contributed by atoms with van der Waals surface area (Å²) in [4.78, 5) is 5.00. The Morgan fingerprint density at radius 2 is 1.84 bits per heavy atom. The van der Waals surface area contributed by atoms with Crippen LogP contribution in [-0.4, -0.2) is 60.6 Å². The van der Waals surface area contributed by atoms with Crippen LogP contribution in [0.25, 0.3) is 0 Å². The van der Waals surface area contributed by atoms with Gasteiger partial charge in [-0.3, -0.25) is 20.4 Å². The molecule has 0 aliphatic carbocycles. The molecular formula is C14H31N5. The molecule has 2 heterocycles. The molecule has 2 aliphatic heterocycles. The lowest BCUT2D eigenvalue weighted by Crippen LogP contribution is -2.60. The Morgan fingerprint density at radius 1 is 1.16 bits per heavy atom. The maximum Gasteiger partial charge on any atom is 0.0507 e. The van der Waals surface area contributed by atoms with Gasteiger partial charge in [0, 0.05) is 37.5 Å². The van der Waals surface area contributed by atoms with Crippen molar-refractivity contribution >= 4 is 0 Å². The molecule has 5 nitrogen and oxygen atoms in total. The van der Waals surface area contributed by atoms with Crippen molar-refractivity contribution in [2.45, 2.75) is 58.2 Å². The van der Waals surface area contributed by atoms with E-state index in [9.17, 15) is 0 Å². The predicted molar refractivity (Wildman–Crippen MR) is 79.7 cm³/mol. The Labute approximate surface area is 118 Å². The van der Waals surface area contributed by atoms with Crippen LogP contribution >= 0.6 is 0 Å². The highest BCUT2D eigenvalue weighted by Gasteiger charge is 2.32.